The number of aromatic nitrogens is 4. The summed E-state index contributed by atoms with van der Waals surface area (Å²) in [6, 6.07) is 6.37. The fraction of sp³-hybridized carbons (Fsp3) is 0.500. The first-order valence-electron chi connectivity index (χ1n) is 10.7. The Kier molecular flexibility index (Phi) is 6.78. The Morgan fingerprint density at radius 2 is 1.94 bits per heavy atom. The number of ether oxygens (including phenoxy) is 2. The van der Waals surface area contributed by atoms with Crippen molar-refractivity contribution < 1.29 is 13.9 Å². The van der Waals surface area contributed by atoms with Crippen molar-refractivity contribution in [2.24, 2.45) is 0 Å². The average molecular weight is 463 g/mol. The molecule has 1 aromatic carbocycles. The standard InChI is InChI=1S/C22H27FN6O2.ClH/c1-14-9-15-12-25-29(19(15)10-17(14)16-3-4-24-13-18(16)23)21-11-20(26-22(27-21)30-2)28-5-7-31-8-6-28;/h9-12,16,18,24H,3-8,13H2,1-2H3;1H. The van der Waals surface area contributed by atoms with Crippen LogP contribution in [0.1, 0.15) is 23.5 Å². The molecule has 0 aliphatic carbocycles. The molecule has 5 rings (SSSR count). The first-order valence-corrected chi connectivity index (χ1v) is 10.7. The SMILES string of the molecule is COc1nc(N2CCOCC2)cc(-n2ncc3cc(C)c(C4CCNCC4F)cc32)n1.Cl. The zero-order chi connectivity index (χ0) is 21.4. The minimum atomic E-state index is -0.895. The van der Waals surface area contributed by atoms with Crippen LogP contribution in [-0.2, 0) is 4.74 Å². The molecule has 2 aromatic heterocycles. The topological polar surface area (TPSA) is 77.3 Å². The Hall–Kier alpha value is -2.49. The smallest absolute Gasteiger partial charge is 0.320 e. The Labute approximate surface area is 192 Å². The lowest BCUT2D eigenvalue weighted by Gasteiger charge is -2.28. The first kappa shape index (κ1) is 22.7. The summed E-state index contributed by atoms with van der Waals surface area (Å²) in [7, 11) is 1.56. The highest BCUT2D eigenvalue weighted by molar-refractivity contribution is 5.85. The molecule has 8 nitrogen and oxygen atoms in total. The van der Waals surface area contributed by atoms with E-state index in [4.69, 9.17) is 9.47 Å². The lowest BCUT2D eigenvalue weighted by molar-refractivity contribution is 0.122. The number of aryl methyl sites for hydroxylation is 1. The highest BCUT2D eigenvalue weighted by Crippen LogP contribution is 2.33. The molecule has 0 saturated carbocycles. The Morgan fingerprint density at radius 1 is 1.16 bits per heavy atom. The van der Waals surface area contributed by atoms with Crippen LogP contribution in [0, 0.1) is 6.92 Å². The van der Waals surface area contributed by atoms with E-state index in [-0.39, 0.29) is 24.3 Å². The molecule has 2 unspecified atom stereocenters. The third kappa shape index (κ3) is 4.24. The third-order valence-corrected chi connectivity index (χ3v) is 6.18. The van der Waals surface area contributed by atoms with Crippen LogP contribution in [0.25, 0.3) is 16.7 Å². The second-order valence-corrected chi connectivity index (χ2v) is 8.11. The highest BCUT2D eigenvalue weighted by Gasteiger charge is 2.28. The van der Waals surface area contributed by atoms with E-state index in [2.05, 4.69) is 37.4 Å². The molecule has 2 fully saturated rings. The number of alkyl halides is 1. The zero-order valence-electron chi connectivity index (χ0n) is 18.3. The number of hydrogen-bond donors (Lipinski definition) is 1. The molecule has 2 saturated heterocycles. The summed E-state index contributed by atoms with van der Waals surface area (Å²) in [5.74, 6) is 1.29. The van der Waals surface area contributed by atoms with Crippen molar-refractivity contribution >= 4 is 29.1 Å². The Morgan fingerprint density at radius 3 is 2.69 bits per heavy atom. The number of piperidine rings is 1. The zero-order valence-corrected chi connectivity index (χ0v) is 19.1. The maximum atomic E-state index is 14.7. The van der Waals surface area contributed by atoms with Crippen LogP contribution in [0.4, 0.5) is 10.2 Å². The fourth-order valence-electron chi connectivity index (χ4n) is 4.51. The molecule has 10 heteroatoms. The summed E-state index contributed by atoms with van der Waals surface area (Å²) in [5, 5.41) is 8.73. The van der Waals surface area contributed by atoms with E-state index >= 15 is 0 Å². The van der Waals surface area contributed by atoms with Gasteiger partial charge in [0.2, 0.25) is 0 Å². The molecule has 2 atom stereocenters. The molecule has 0 bridgehead atoms. The molecule has 172 valence electrons. The van der Waals surface area contributed by atoms with Crippen LogP contribution < -0.4 is 15.0 Å². The summed E-state index contributed by atoms with van der Waals surface area (Å²) >= 11 is 0. The minimum absolute atomic E-state index is 0. The monoisotopic (exact) mass is 462 g/mol. The second-order valence-electron chi connectivity index (χ2n) is 8.11. The predicted molar refractivity (Wildman–Crippen MR) is 123 cm³/mol. The van der Waals surface area contributed by atoms with E-state index in [0.29, 0.717) is 25.6 Å². The van der Waals surface area contributed by atoms with E-state index in [1.54, 1.807) is 11.8 Å². The van der Waals surface area contributed by atoms with Crippen molar-refractivity contribution in [1.29, 1.82) is 0 Å². The van der Waals surface area contributed by atoms with Crippen molar-refractivity contribution in [1.82, 2.24) is 25.1 Å². The van der Waals surface area contributed by atoms with Gasteiger partial charge in [-0.3, -0.25) is 0 Å². The van der Waals surface area contributed by atoms with Gasteiger partial charge in [-0.15, -0.1) is 12.4 Å². The van der Waals surface area contributed by atoms with E-state index < -0.39 is 6.17 Å². The molecular weight excluding hydrogens is 435 g/mol. The number of rotatable bonds is 4. The minimum Gasteiger partial charge on any atom is -0.467 e. The second kappa shape index (κ2) is 9.56. The number of hydrogen-bond acceptors (Lipinski definition) is 7. The number of fused-ring (bicyclic) bond motifs is 1. The van der Waals surface area contributed by atoms with Crippen LogP contribution in [-0.4, -0.2) is 72.4 Å². The first-order chi connectivity index (χ1) is 15.1. The number of methoxy groups -OCH3 is 1. The van der Waals surface area contributed by atoms with Crippen molar-refractivity contribution in [2.75, 3.05) is 51.4 Å². The molecule has 0 spiro atoms. The van der Waals surface area contributed by atoms with Crippen molar-refractivity contribution in [3.05, 3.63) is 35.5 Å². The summed E-state index contributed by atoms with van der Waals surface area (Å²) in [6.45, 7) is 6.12. The largest absolute Gasteiger partial charge is 0.467 e. The van der Waals surface area contributed by atoms with Gasteiger partial charge < -0.3 is 19.7 Å². The van der Waals surface area contributed by atoms with E-state index in [1.807, 2.05) is 19.2 Å². The number of morpholine rings is 1. The third-order valence-electron chi connectivity index (χ3n) is 6.18. The van der Waals surface area contributed by atoms with Gasteiger partial charge in [-0.2, -0.15) is 15.1 Å². The number of nitrogens with zero attached hydrogens (tertiary/aromatic N) is 5. The van der Waals surface area contributed by atoms with E-state index in [9.17, 15) is 4.39 Å². The van der Waals surface area contributed by atoms with Gasteiger partial charge in [-0.1, -0.05) is 0 Å². The van der Waals surface area contributed by atoms with Gasteiger partial charge in [0, 0.05) is 37.0 Å². The lowest BCUT2D eigenvalue weighted by Crippen LogP contribution is -2.37. The molecule has 4 heterocycles. The molecule has 0 amide bonds. The maximum absolute atomic E-state index is 14.7. The van der Waals surface area contributed by atoms with Crippen LogP contribution in [0.5, 0.6) is 6.01 Å². The Bertz CT molecular complexity index is 1090. The fourth-order valence-corrected chi connectivity index (χ4v) is 4.51. The number of halogens is 2. The lowest BCUT2D eigenvalue weighted by atomic mass is 9.85. The molecule has 3 aromatic rings. The maximum Gasteiger partial charge on any atom is 0.320 e. The van der Waals surface area contributed by atoms with Crippen LogP contribution in [0.3, 0.4) is 0 Å². The highest BCUT2D eigenvalue weighted by atomic mass is 35.5. The van der Waals surface area contributed by atoms with E-state index in [1.165, 1.54) is 0 Å². The van der Waals surface area contributed by atoms with Gasteiger partial charge in [0.05, 0.1) is 32.0 Å². The number of benzene rings is 1. The predicted octanol–water partition coefficient (Wildman–Crippen LogP) is 2.81. The average Bonchev–Trinajstić information content (AvgIpc) is 3.22. The summed E-state index contributed by atoms with van der Waals surface area (Å²) in [6.07, 6.45) is 1.71. The van der Waals surface area contributed by atoms with Gasteiger partial charge in [-0.05, 0) is 43.1 Å². The molecule has 0 radical (unpaired) electrons. The molecule has 32 heavy (non-hydrogen) atoms. The van der Waals surface area contributed by atoms with Crippen molar-refractivity contribution in [2.45, 2.75) is 25.4 Å². The van der Waals surface area contributed by atoms with Gasteiger partial charge in [-0.25, -0.2) is 9.07 Å². The summed E-state index contributed by atoms with van der Waals surface area (Å²) in [5.41, 5.74) is 3.04. The normalized spacial score (nSPS) is 21.4. The van der Waals surface area contributed by atoms with Crippen LogP contribution >= 0.6 is 12.4 Å². The Balaban J connectivity index is 0.00000245. The van der Waals surface area contributed by atoms with Gasteiger partial charge in [0.15, 0.2) is 5.82 Å². The number of anilines is 1. The molecule has 1 N–H and O–H groups in total. The van der Waals surface area contributed by atoms with Crippen LogP contribution in [0.15, 0.2) is 24.4 Å². The van der Waals surface area contributed by atoms with Crippen LogP contribution in [0.2, 0.25) is 0 Å². The molecule has 2 aliphatic heterocycles. The quantitative estimate of drug-likeness (QED) is 0.638. The van der Waals surface area contributed by atoms with Gasteiger partial charge in [0.1, 0.15) is 12.0 Å². The van der Waals surface area contributed by atoms with Crippen molar-refractivity contribution in [3.63, 3.8) is 0 Å². The van der Waals surface area contributed by atoms with Crippen molar-refractivity contribution in [3.8, 4) is 11.8 Å². The summed E-state index contributed by atoms with van der Waals surface area (Å²) < 4.78 is 27.3. The summed E-state index contributed by atoms with van der Waals surface area (Å²) in [4.78, 5) is 11.2. The molecule has 2 aliphatic rings. The molecular formula is C22H28ClFN6O2. The van der Waals surface area contributed by atoms with Gasteiger partial charge >= 0.3 is 6.01 Å². The number of nitrogens with one attached hydrogen (secondary N) is 1. The van der Waals surface area contributed by atoms with E-state index in [0.717, 1.165) is 53.9 Å². The van der Waals surface area contributed by atoms with Gasteiger partial charge in [0.25, 0.3) is 0 Å².